The Kier molecular flexibility index (Phi) is 12.7. The lowest BCUT2D eigenvalue weighted by atomic mass is 10.1. The summed E-state index contributed by atoms with van der Waals surface area (Å²) in [7, 11) is 0. The summed E-state index contributed by atoms with van der Waals surface area (Å²) in [6.07, 6.45) is 14.5. The average molecular weight is 454 g/mol. The van der Waals surface area contributed by atoms with Gasteiger partial charge in [-0.15, -0.1) is 0 Å². The summed E-state index contributed by atoms with van der Waals surface area (Å²) in [4.78, 5) is 16.1. The molecule has 2 aromatic carbocycles. The van der Waals surface area contributed by atoms with Crippen LogP contribution in [0.25, 0.3) is 0 Å². The van der Waals surface area contributed by atoms with Gasteiger partial charge in [0.25, 0.3) is 0 Å². The van der Waals surface area contributed by atoms with Crippen molar-refractivity contribution in [2.45, 2.75) is 78.1 Å². The van der Waals surface area contributed by atoms with E-state index in [4.69, 9.17) is 9.47 Å². The maximum atomic E-state index is 11.7. The molecule has 0 saturated carbocycles. The highest BCUT2D eigenvalue weighted by Gasteiger charge is 2.06. The van der Waals surface area contributed by atoms with Gasteiger partial charge in [-0.25, -0.2) is 4.79 Å². The summed E-state index contributed by atoms with van der Waals surface area (Å²) >= 11 is 0. The monoisotopic (exact) mass is 453 g/mol. The molecule has 0 aliphatic carbocycles. The fourth-order valence-corrected chi connectivity index (χ4v) is 3.54. The zero-order valence-electron chi connectivity index (χ0n) is 20.2. The first-order valence-corrected chi connectivity index (χ1v) is 12.4. The maximum absolute atomic E-state index is 11.7. The van der Waals surface area contributed by atoms with Crippen molar-refractivity contribution in [1.29, 1.82) is 0 Å². The minimum atomic E-state index is -0.348. The molecular weight excluding hydrogens is 414 g/mol. The smallest absolute Gasteiger partial charge is 0.338 e. The molecule has 1 N–H and O–H groups in total. The van der Waals surface area contributed by atoms with Crippen molar-refractivity contribution in [3.63, 3.8) is 0 Å². The van der Waals surface area contributed by atoms with Crippen LogP contribution in [0.3, 0.4) is 0 Å². The molecule has 2 rings (SSSR count). The first-order valence-electron chi connectivity index (χ1n) is 12.4. The Bertz CT molecular complexity index is 845. The van der Waals surface area contributed by atoms with Crippen LogP contribution >= 0.6 is 0 Å². The van der Waals surface area contributed by atoms with E-state index in [-0.39, 0.29) is 11.7 Å². The Balaban J connectivity index is 1.68. The van der Waals surface area contributed by atoms with Gasteiger partial charge in [-0.1, -0.05) is 64.7 Å². The number of ether oxygens (including phenoxy) is 2. The van der Waals surface area contributed by atoms with Crippen LogP contribution in [0.2, 0.25) is 0 Å². The van der Waals surface area contributed by atoms with Gasteiger partial charge in [0, 0.05) is 17.8 Å². The molecule has 180 valence electrons. The second-order valence-electron chi connectivity index (χ2n) is 8.28. The highest BCUT2D eigenvalue weighted by atomic mass is 16.5. The van der Waals surface area contributed by atoms with E-state index >= 15 is 0 Å². The molecule has 0 heterocycles. The third-order valence-electron chi connectivity index (χ3n) is 5.50. The number of hydrogen-bond donors (Lipinski definition) is 1. The van der Waals surface area contributed by atoms with Gasteiger partial charge in [-0.2, -0.15) is 0 Å². The van der Waals surface area contributed by atoms with Crippen LogP contribution in [0.15, 0.2) is 47.5 Å². The van der Waals surface area contributed by atoms with E-state index in [9.17, 15) is 9.90 Å². The number of carbonyl (C=O) groups excluding carboxylic acids is 1. The van der Waals surface area contributed by atoms with Crippen molar-refractivity contribution in [2.24, 2.45) is 4.99 Å². The number of unbranched alkanes of at least 4 members (excludes halogenated alkanes) is 9. The summed E-state index contributed by atoms with van der Waals surface area (Å²) in [6.45, 7) is 5.04. The van der Waals surface area contributed by atoms with E-state index in [1.807, 2.05) is 6.07 Å². The molecule has 5 nitrogen and oxygen atoms in total. The molecule has 33 heavy (non-hydrogen) atoms. The van der Waals surface area contributed by atoms with Gasteiger partial charge in [0.15, 0.2) is 0 Å². The van der Waals surface area contributed by atoms with Crippen molar-refractivity contribution in [3.8, 4) is 11.5 Å². The maximum Gasteiger partial charge on any atom is 0.338 e. The van der Waals surface area contributed by atoms with E-state index in [1.165, 1.54) is 57.8 Å². The molecule has 0 spiro atoms. The zero-order valence-corrected chi connectivity index (χ0v) is 20.2. The molecule has 0 aliphatic heterocycles. The molecule has 0 unspecified atom stereocenters. The molecule has 0 bridgehead atoms. The Hall–Kier alpha value is -2.82. The van der Waals surface area contributed by atoms with Crippen LogP contribution in [0, 0.1) is 0 Å². The van der Waals surface area contributed by atoms with Crippen molar-refractivity contribution < 1.29 is 19.4 Å². The number of aliphatic imine (C=N–C) groups is 1. The normalized spacial score (nSPS) is 11.1. The Morgan fingerprint density at radius 2 is 1.52 bits per heavy atom. The van der Waals surface area contributed by atoms with E-state index in [0.717, 1.165) is 6.42 Å². The number of phenols is 1. The molecule has 0 fully saturated rings. The van der Waals surface area contributed by atoms with Crippen LogP contribution < -0.4 is 4.74 Å². The predicted octanol–water partition coefficient (Wildman–Crippen LogP) is 7.62. The molecule has 0 aromatic heterocycles. The van der Waals surface area contributed by atoms with Crippen molar-refractivity contribution in [1.82, 2.24) is 0 Å². The summed E-state index contributed by atoms with van der Waals surface area (Å²) < 4.78 is 10.8. The average Bonchev–Trinajstić information content (AvgIpc) is 2.82. The molecule has 2 aromatic rings. The second-order valence-corrected chi connectivity index (χ2v) is 8.28. The SMILES string of the molecule is CCCCCCCCCCCCOc1ccc(C=Nc2ccc(C(=O)OCC)cc2)c(O)c1. The number of carbonyl (C=O) groups is 1. The van der Waals surface area contributed by atoms with Crippen molar-refractivity contribution in [3.05, 3.63) is 53.6 Å². The summed E-state index contributed by atoms with van der Waals surface area (Å²) in [6, 6.07) is 12.1. The molecule has 0 atom stereocenters. The number of benzene rings is 2. The predicted molar refractivity (Wildman–Crippen MR) is 135 cm³/mol. The lowest BCUT2D eigenvalue weighted by Gasteiger charge is -2.08. The topological polar surface area (TPSA) is 68.1 Å². The molecule has 5 heteroatoms. The Morgan fingerprint density at radius 1 is 0.879 bits per heavy atom. The number of hydrogen-bond acceptors (Lipinski definition) is 5. The number of aromatic hydroxyl groups is 1. The minimum Gasteiger partial charge on any atom is -0.507 e. The first-order chi connectivity index (χ1) is 16.1. The van der Waals surface area contributed by atoms with Crippen LogP contribution in [-0.2, 0) is 4.74 Å². The quantitative estimate of drug-likeness (QED) is 0.161. The van der Waals surface area contributed by atoms with Crippen molar-refractivity contribution >= 4 is 17.9 Å². The van der Waals surface area contributed by atoms with Crippen LogP contribution in [0.1, 0.15) is 94.0 Å². The van der Waals surface area contributed by atoms with Crippen LogP contribution in [-0.4, -0.2) is 30.5 Å². The largest absolute Gasteiger partial charge is 0.507 e. The highest BCUT2D eigenvalue weighted by molar-refractivity contribution is 5.90. The number of rotatable bonds is 16. The summed E-state index contributed by atoms with van der Waals surface area (Å²) in [5, 5.41) is 10.3. The van der Waals surface area contributed by atoms with Gasteiger partial charge < -0.3 is 14.6 Å². The lowest BCUT2D eigenvalue weighted by molar-refractivity contribution is 0.0526. The van der Waals surface area contributed by atoms with Crippen LogP contribution in [0.4, 0.5) is 5.69 Å². The summed E-state index contributed by atoms with van der Waals surface area (Å²) in [5.41, 5.74) is 1.78. The van der Waals surface area contributed by atoms with Gasteiger partial charge in [-0.05, 0) is 49.7 Å². The zero-order chi connectivity index (χ0) is 23.7. The Morgan fingerprint density at radius 3 is 2.12 bits per heavy atom. The summed E-state index contributed by atoms with van der Waals surface area (Å²) in [5.74, 6) is 0.445. The Labute approximate surface area is 198 Å². The lowest BCUT2D eigenvalue weighted by Crippen LogP contribution is -2.03. The first kappa shape index (κ1) is 26.4. The fourth-order valence-electron chi connectivity index (χ4n) is 3.54. The molecule has 0 amide bonds. The second kappa shape index (κ2) is 15.9. The standard InChI is InChI=1S/C28H39NO4/c1-3-5-6-7-8-9-10-11-12-13-20-33-26-19-16-24(27(30)21-26)22-29-25-17-14-23(15-18-25)28(31)32-4-2/h14-19,21-22,30H,3-13,20H2,1-2H3. The highest BCUT2D eigenvalue weighted by Crippen LogP contribution is 2.24. The van der Waals surface area contributed by atoms with E-state index in [2.05, 4.69) is 11.9 Å². The van der Waals surface area contributed by atoms with Gasteiger partial charge in [0.1, 0.15) is 11.5 Å². The van der Waals surface area contributed by atoms with E-state index in [1.54, 1.807) is 49.5 Å². The van der Waals surface area contributed by atoms with E-state index in [0.29, 0.717) is 35.8 Å². The third-order valence-corrected chi connectivity index (χ3v) is 5.50. The number of nitrogens with zero attached hydrogens (tertiary/aromatic N) is 1. The van der Waals surface area contributed by atoms with Gasteiger partial charge in [0.05, 0.1) is 24.5 Å². The van der Waals surface area contributed by atoms with Crippen LogP contribution in [0.5, 0.6) is 11.5 Å². The third kappa shape index (κ3) is 10.6. The number of phenolic OH excluding ortho intramolecular Hbond substituents is 1. The van der Waals surface area contributed by atoms with Crippen molar-refractivity contribution in [2.75, 3.05) is 13.2 Å². The molecule has 0 radical (unpaired) electrons. The molecular formula is C28H39NO4. The minimum absolute atomic E-state index is 0.127. The molecule has 0 saturated heterocycles. The van der Waals surface area contributed by atoms with Gasteiger partial charge in [-0.3, -0.25) is 4.99 Å². The van der Waals surface area contributed by atoms with E-state index < -0.39 is 0 Å². The number of esters is 1. The molecule has 0 aliphatic rings. The van der Waals surface area contributed by atoms with Gasteiger partial charge in [0.2, 0.25) is 0 Å². The fraction of sp³-hybridized carbons (Fsp3) is 0.500. The van der Waals surface area contributed by atoms with Gasteiger partial charge >= 0.3 is 5.97 Å².